The fourth-order valence-electron chi connectivity index (χ4n) is 4.14. The van der Waals surface area contributed by atoms with Crippen molar-refractivity contribution in [1.29, 1.82) is 0 Å². The third kappa shape index (κ3) is 3.67. The summed E-state index contributed by atoms with van der Waals surface area (Å²) in [5, 5.41) is 24.3. The summed E-state index contributed by atoms with van der Waals surface area (Å²) >= 11 is 0. The molecule has 0 radical (unpaired) electrons. The van der Waals surface area contributed by atoms with Gasteiger partial charge >= 0.3 is 5.97 Å². The van der Waals surface area contributed by atoms with Crippen LogP contribution in [0.3, 0.4) is 0 Å². The van der Waals surface area contributed by atoms with Gasteiger partial charge < -0.3 is 14.5 Å². The van der Waals surface area contributed by atoms with Gasteiger partial charge in [-0.05, 0) is 24.6 Å². The van der Waals surface area contributed by atoms with E-state index in [-0.39, 0.29) is 24.5 Å². The van der Waals surface area contributed by atoms with Gasteiger partial charge in [0.1, 0.15) is 5.75 Å². The molecule has 1 aliphatic rings. The predicted molar refractivity (Wildman–Crippen MR) is 110 cm³/mol. The first-order chi connectivity index (χ1) is 14.9. The maximum atomic E-state index is 12.2. The Morgan fingerprint density at radius 1 is 1.16 bits per heavy atom. The van der Waals surface area contributed by atoms with Crippen LogP contribution in [0.25, 0.3) is 10.9 Å². The lowest BCUT2D eigenvalue weighted by molar-refractivity contribution is -0.537. The van der Waals surface area contributed by atoms with Crippen molar-refractivity contribution < 1.29 is 24.1 Å². The number of para-hydroxylation sites is 1. The van der Waals surface area contributed by atoms with Crippen molar-refractivity contribution >= 4 is 22.6 Å². The first kappa shape index (κ1) is 20.3. The number of nitro groups is 2. The number of H-pyrrole nitrogens is 1. The number of esters is 1. The van der Waals surface area contributed by atoms with Gasteiger partial charge in [0.05, 0.1) is 23.9 Å². The molecule has 3 aromatic rings. The van der Waals surface area contributed by atoms with Crippen molar-refractivity contribution in [3.05, 3.63) is 80.0 Å². The second kappa shape index (κ2) is 8.05. The quantitative estimate of drug-likeness (QED) is 0.362. The minimum absolute atomic E-state index is 0.142. The Hall–Kier alpha value is -3.95. The molecular formula is C21H19N3O7. The molecule has 0 fully saturated rings. The second-order valence-corrected chi connectivity index (χ2v) is 7.19. The van der Waals surface area contributed by atoms with E-state index in [9.17, 15) is 25.0 Å². The molecule has 1 aromatic heterocycles. The van der Waals surface area contributed by atoms with Crippen LogP contribution in [0, 0.1) is 20.2 Å². The number of fused-ring (bicyclic) bond motifs is 2. The summed E-state index contributed by atoms with van der Waals surface area (Å²) in [5.41, 5.74) is 1.52. The van der Waals surface area contributed by atoms with Gasteiger partial charge in [0.15, 0.2) is 6.10 Å². The van der Waals surface area contributed by atoms with Crippen LogP contribution >= 0.6 is 0 Å². The highest BCUT2D eigenvalue weighted by Gasteiger charge is 2.49. The fourth-order valence-corrected chi connectivity index (χ4v) is 4.14. The molecule has 0 spiro atoms. The van der Waals surface area contributed by atoms with E-state index in [1.165, 1.54) is 18.2 Å². The standard InChI is InChI=1S/C21H19N3O7/c1-2-30-19(25)10-18-21(24(28)29)20(15-11-22-16-6-4-3-5-13(15)16)14-9-12(23(26)27)7-8-17(14)31-18/h3-9,11,18,20-22H,2,10H2,1H3/t18-,20+,21-/m0/s1. The van der Waals surface area contributed by atoms with Crippen molar-refractivity contribution in [2.24, 2.45) is 0 Å². The lowest BCUT2D eigenvalue weighted by Gasteiger charge is -2.34. The topological polar surface area (TPSA) is 138 Å². The van der Waals surface area contributed by atoms with Gasteiger partial charge in [-0.2, -0.15) is 0 Å². The average molecular weight is 425 g/mol. The SMILES string of the molecule is CCOC(=O)C[C@@H]1Oc2ccc([N+](=O)[O-])cc2[C@H](c2c[nH]c3ccccc23)[C@H]1[N+](=O)[O-]. The zero-order valence-corrected chi connectivity index (χ0v) is 16.5. The van der Waals surface area contributed by atoms with Gasteiger partial charge in [-0.1, -0.05) is 18.2 Å². The normalized spacial score (nSPS) is 20.0. The summed E-state index contributed by atoms with van der Waals surface area (Å²) in [7, 11) is 0. The van der Waals surface area contributed by atoms with Crippen molar-refractivity contribution in [2.45, 2.75) is 31.4 Å². The van der Waals surface area contributed by atoms with Crippen molar-refractivity contribution in [1.82, 2.24) is 4.98 Å². The lowest BCUT2D eigenvalue weighted by atomic mass is 9.79. The van der Waals surface area contributed by atoms with Crippen LogP contribution in [0.2, 0.25) is 0 Å². The summed E-state index contributed by atoms with van der Waals surface area (Å²) in [4.78, 5) is 37.7. The molecule has 0 bridgehead atoms. The Morgan fingerprint density at radius 3 is 2.65 bits per heavy atom. The Balaban J connectivity index is 1.91. The van der Waals surface area contributed by atoms with Gasteiger partial charge in [0.2, 0.25) is 0 Å². The van der Waals surface area contributed by atoms with E-state index in [1.807, 2.05) is 24.3 Å². The Bertz CT molecular complexity index is 1170. The van der Waals surface area contributed by atoms with Gasteiger partial charge in [-0.3, -0.25) is 25.0 Å². The first-order valence-electron chi connectivity index (χ1n) is 9.70. The minimum Gasteiger partial charge on any atom is -0.482 e. The summed E-state index contributed by atoms with van der Waals surface area (Å²) in [6, 6.07) is 9.96. The number of hydrogen-bond donors (Lipinski definition) is 1. The molecule has 2 aromatic carbocycles. The molecule has 0 unspecified atom stereocenters. The van der Waals surface area contributed by atoms with Crippen LogP contribution in [0.1, 0.15) is 30.4 Å². The number of benzene rings is 2. The summed E-state index contributed by atoms with van der Waals surface area (Å²) in [6.07, 6.45) is 0.261. The highest BCUT2D eigenvalue weighted by atomic mass is 16.6. The predicted octanol–water partition coefficient (Wildman–Crippen LogP) is 3.57. The maximum Gasteiger partial charge on any atom is 0.309 e. The van der Waals surface area contributed by atoms with Crippen LogP contribution in [0.4, 0.5) is 5.69 Å². The summed E-state index contributed by atoms with van der Waals surface area (Å²) in [5.74, 6) is -1.20. The molecule has 160 valence electrons. The Morgan fingerprint density at radius 2 is 1.94 bits per heavy atom. The number of aromatic nitrogens is 1. The number of ether oxygens (including phenoxy) is 2. The molecule has 3 atom stereocenters. The first-order valence-corrected chi connectivity index (χ1v) is 9.70. The highest BCUT2D eigenvalue weighted by molar-refractivity contribution is 5.84. The number of nitrogens with zero attached hydrogens (tertiary/aromatic N) is 2. The number of rotatable bonds is 6. The number of hydrogen-bond acceptors (Lipinski definition) is 7. The molecule has 1 aliphatic heterocycles. The molecule has 0 aliphatic carbocycles. The Labute approximate surface area is 176 Å². The van der Waals surface area contributed by atoms with E-state index in [0.717, 1.165) is 10.9 Å². The molecule has 0 saturated heterocycles. The zero-order valence-electron chi connectivity index (χ0n) is 16.5. The van der Waals surface area contributed by atoms with Crippen molar-refractivity contribution in [3.8, 4) is 5.75 Å². The third-order valence-electron chi connectivity index (χ3n) is 5.41. The van der Waals surface area contributed by atoms with E-state index >= 15 is 0 Å². The van der Waals surface area contributed by atoms with Crippen molar-refractivity contribution in [3.63, 3.8) is 0 Å². The minimum atomic E-state index is -1.35. The molecule has 0 amide bonds. The van der Waals surface area contributed by atoms with E-state index in [2.05, 4.69) is 4.98 Å². The summed E-state index contributed by atoms with van der Waals surface area (Å²) in [6.45, 7) is 1.79. The van der Waals surface area contributed by atoms with Crippen LogP contribution in [-0.4, -0.2) is 39.6 Å². The number of carbonyl (C=O) groups is 1. The molecule has 10 heteroatoms. The molecule has 1 N–H and O–H groups in total. The number of aromatic amines is 1. The molecule has 2 heterocycles. The molecular weight excluding hydrogens is 406 g/mol. The molecule has 10 nitrogen and oxygen atoms in total. The smallest absolute Gasteiger partial charge is 0.309 e. The zero-order chi connectivity index (χ0) is 22.1. The van der Waals surface area contributed by atoms with Crippen LogP contribution in [-0.2, 0) is 9.53 Å². The van der Waals surface area contributed by atoms with Gasteiger partial charge in [-0.25, -0.2) is 0 Å². The second-order valence-electron chi connectivity index (χ2n) is 7.19. The largest absolute Gasteiger partial charge is 0.482 e. The molecule has 0 saturated carbocycles. The fraction of sp³-hybridized carbons (Fsp3) is 0.286. The van der Waals surface area contributed by atoms with Crippen LogP contribution < -0.4 is 4.74 Å². The number of nitrogens with one attached hydrogen (secondary N) is 1. The van der Waals surface area contributed by atoms with E-state index < -0.39 is 33.9 Å². The van der Waals surface area contributed by atoms with Crippen LogP contribution in [0.15, 0.2) is 48.7 Å². The van der Waals surface area contributed by atoms with Crippen LogP contribution in [0.5, 0.6) is 5.75 Å². The average Bonchev–Trinajstić information content (AvgIpc) is 3.16. The number of nitro benzene ring substituents is 1. The third-order valence-corrected chi connectivity index (χ3v) is 5.41. The maximum absolute atomic E-state index is 12.2. The molecule has 4 rings (SSSR count). The van der Waals surface area contributed by atoms with E-state index in [0.29, 0.717) is 11.1 Å². The van der Waals surface area contributed by atoms with Gasteiger partial charge in [-0.15, -0.1) is 0 Å². The monoisotopic (exact) mass is 425 g/mol. The highest BCUT2D eigenvalue weighted by Crippen LogP contribution is 2.45. The number of carbonyl (C=O) groups excluding carboxylic acids is 1. The lowest BCUT2D eigenvalue weighted by Crippen LogP contribution is -2.47. The van der Waals surface area contributed by atoms with E-state index in [1.54, 1.807) is 13.1 Å². The van der Waals surface area contributed by atoms with Gasteiger partial charge in [0, 0.05) is 39.7 Å². The van der Waals surface area contributed by atoms with E-state index in [4.69, 9.17) is 9.47 Å². The van der Waals surface area contributed by atoms with Gasteiger partial charge in [0.25, 0.3) is 11.7 Å². The van der Waals surface area contributed by atoms with Crippen molar-refractivity contribution in [2.75, 3.05) is 6.61 Å². The summed E-state index contributed by atoms with van der Waals surface area (Å²) < 4.78 is 10.8. The molecule has 31 heavy (non-hydrogen) atoms. The Kier molecular flexibility index (Phi) is 5.28. The number of non-ortho nitro benzene ring substituents is 1.